The van der Waals surface area contributed by atoms with E-state index in [0.29, 0.717) is 44.0 Å². The average Bonchev–Trinajstić information content (AvgIpc) is 3.36. The first-order valence-corrected chi connectivity index (χ1v) is 10.4. The first kappa shape index (κ1) is 19.5. The number of para-hydroxylation sites is 1. The molecule has 0 saturated carbocycles. The van der Waals surface area contributed by atoms with Gasteiger partial charge >= 0.3 is 6.09 Å². The van der Waals surface area contributed by atoms with Crippen LogP contribution in [0.5, 0.6) is 0 Å². The highest BCUT2D eigenvalue weighted by Gasteiger charge is 2.42. The number of aromatic nitrogens is 1. The van der Waals surface area contributed by atoms with Crippen LogP contribution in [0.3, 0.4) is 0 Å². The number of hydrogen-bond donors (Lipinski definition) is 1. The SMILES string of the molecule is CCC(C)C1COC(=O)N1C1CCN(C(=O)C(=O)c2c[nH]c3ccccc23)CC1. The third kappa shape index (κ3) is 3.50. The van der Waals surface area contributed by atoms with E-state index in [0.717, 1.165) is 17.3 Å². The highest BCUT2D eigenvalue weighted by molar-refractivity contribution is 6.44. The monoisotopic (exact) mass is 397 g/mol. The maximum atomic E-state index is 12.8. The molecule has 7 nitrogen and oxygen atoms in total. The summed E-state index contributed by atoms with van der Waals surface area (Å²) < 4.78 is 5.31. The zero-order chi connectivity index (χ0) is 20.5. The molecular formula is C22H27N3O4. The van der Waals surface area contributed by atoms with Crippen molar-refractivity contribution in [2.45, 2.75) is 45.2 Å². The third-order valence-corrected chi connectivity index (χ3v) is 6.42. The Hall–Kier alpha value is -2.83. The molecule has 1 aromatic heterocycles. The van der Waals surface area contributed by atoms with Crippen LogP contribution in [0.15, 0.2) is 30.5 Å². The summed E-state index contributed by atoms with van der Waals surface area (Å²) in [7, 11) is 0. The second kappa shape index (κ2) is 7.89. The number of benzene rings is 1. The predicted molar refractivity (Wildman–Crippen MR) is 109 cm³/mol. The molecule has 0 radical (unpaired) electrons. The molecule has 2 aliphatic rings. The Morgan fingerprint density at radius 2 is 1.97 bits per heavy atom. The summed E-state index contributed by atoms with van der Waals surface area (Å²) >= 11 is 0. The highest BCUT2D eigenvalue weighted by Crippen LogP contribution is 2.29. The standard InChI is InChI=1S/C22H27N3O4/c1-3-14(2)19-13-29-22(28)25(19)15-8-10-24(11-9-15)21(27)20(26)17-12-23-18-7-5-4-6-16(17)18/h4-7,12,14-15,19,23H,3,8-11,13H2,1-2H3. The molecule has 2 saturated heterocycles. The third-order valence-electron chi connectivity index (χ3n) is 6.42. The Kier molecular flexibility index (Phi) is 5.30. The molecule has 1 N–H and O–H groups in total. The van der Waals surface area contributed by atoms with Gasteiger partial charge in [-0.3, -0.25) is 14.5 Å². The first-order valence-electron chi connectivity index (χ1n) is 10.4. The minimum Gasteiger partial charge on any atom is -0.447 e. The van der Waals surface area contributed by atoms with Gasteiger partial charge < -0.3 is 14.6 Å². The fourth-order valence-corrected chi connectivity index (χ4v) is 4.44. The van der Waals surface area contributed by atoms with Gasteiger partial charge in [0.1, 0.15) is 6.61 Å². The van der Waals surface area contributed by atoms with Crippen molar-refractivity contribution in [3.63, 3.8) is 0 Å². The number of H-pyrrole nitrogens is 1. The Bertz CT molecular complexity index is 929. The molecule has 3 heterocycles. The lowest BCUT2D eigenvalue weighted by molar-refractivity contribution is -0.127. The van der Waals surface area contributed by atoms with E-state index in [-0.39, 0.29) is 18.2 Å². The zero-order valence-electron chi connectivity index (χ0n) is 16.9. The smallest absolute Gasteiger partial charge is 0.410 e. The van der Waals surface area contributed by atoms with E-state index in [2.05, 4.69) is 18.8 Å². The summed E-state index contributed by atoms with van der Waals surface area (Å²) in [6.07, 6.45) is 3.65. The Morgan fingerprint density at radius 1 is 1.24 bits per heavy atom. The quantitative estimate of drug-likeness (QED) is 0.620. The maximum absolute atomic E-state index is 12.8. The maximum Gasteiger partial charge on any atom is 0.410 e. The minimum atomic E-state index is -0.487. The number of likely N-dealkylation sites (tertiary alicyclic amines) is 1. The molecule has 0 bridgehead atoms. The molecule has 2 fully saturated rings. The number of amides is 2. The van der Waals surface area contributed by atoms with Crippen LogP contribution in [-0.2, 0) is 9.53 Å². The molecule has 2 unspecified atom stereocenters. The molecule has 0 spiro atoms. The average molecular weight is 397 g/mol. The molecule has 29 heavy (non-hydrogen) atoms. The van der Waals surface area contributed by atoms with E-state index in [1.54, 1.807) is 11.1 Å². The van der Waals surface area contributed by atoms with Gasteiger partial charge in [-0.15, -0.1) is 0 Å². The van der Waals surface area contributed by atoms with Gasteiger partial charge in [0, 0.05) is 36.2 Å². The molecule has 4 rings (SSSR count). The van der Waals surface area contributed by atoms with E-state index < -0.39 is 11.7 Å². The number of ether oxygens (including phenoxy) is 1. The van der Waals surface area contributed by atoms with E-state index >= 15 is 0 Å². The summed E-state index contributed by atoms with van der Waals surface area (Å²) in [6.45, 7) is 5.62. The summed E-state index contributed by atoms with van der Waals surface area (Å²) in [5.74, 6) is -0.598. The Morgan fingerprint density at radius 3 is 2.69 bits per heavy atom. The number of Topliss-reactive ketones (excluding diaryl/α,β-unsaturated/α-hetero) is 1. The van der Waals surface area contributed by atoms with Gasteiger partial charge in [-0.2, -0.15) is 0 Å². The number of carbonyl (C=O) groups is 3. The van der Waals surface area contributed by atoms with Crippen LogP contribution in [0, 0.1) is 5.92 Å². The van der Waals surface area contributed by atoms with Crippen molar-refractivity contribution in [1.82, 2.24) is 14.8 Å². The van der Waals surface area contributed by atoms with Crippen molar-refractivity contribution in [1.29, 1.82) is 0 Å². The number of nitrogens with zero attached hydrogens (tertiary/aromatic N) is 2. The van der Waals surface area contributed by atoms with Gasteiger partial charge in [-0.1, -0.05) is 38.5 Å². The van der Waals surface area contributed by atoms with Crippen LogP contribution >= 0.6 is 0 Å². The van der Waals surface area contributed by atoms with E-state index in [9.17, 15) is 14.4 Å². The van der Waals surface area contributed by atoms with Crippen LogP contribution in [0.1, 0.15) is 43.5 Å². The normalized spacial score (nSPS) is 21.4. The Labute approximate surface area is 170 Å². The van der Waals surface area contributed by atoms with Crippen molar-refractivity contribution >= 4 is 28.7 Å². The number of hydrogen-bond acceptors (Lipinski definition) is 4. The number of carbonyl (C=O) groups excluding carboxylic acids is 3. The van der Waals surface area contributed by atoms with Crippen molar-refractivity contribution in [2.24, 2.45) is 5.92 Å². The van der Waals surface area contributed by atoms with Gasteiger partial charge in [0.15, 0.2) is 0 Å². The number of aromatic amines is 1. The van der Waals surface area contributed by atoms with Gasteiger partial charge in [-0.05, 0) is 24.8 Å². The molecule has 2 amide bonds. The fraction of sp³-hybridized carbons (Fsp3) is 0.500. The molecule has 2 atom stereocenters. The molecule has 7 heteroatoms. The number of nitrogens with one attached hydrogen (secondary N) is 1. The summed E-state index contributed by atoms with van der Waals surface area (Å²) in [6, 6.07) is 7.60. The predicted octanol–water partition coefficient (Wildman–Crippen LogP) is 3.21. The van der Waals surface area contributed by atoms with Crippen LogP contribution in [0.4, 0.5) is 4.79 Å². The first-order chi connectivity index (χ1) is 14.0. The van der Waals surface area contributed by atoms with Gasteiger partial charge in [0.2, 0.25) is 0 Å². The number of cyclic esters (lactones) is 1. The molecule has 1 aromatic carbocycles. The highest BCUT2D eigenvalue weighted by atomic mass is 16.6. The van der Waals surface area contributed by atoms with E-state index in [4.69, 9.17) is 4.74 Å². The van der Waals surface area contributed by atoms with Gasteiger partial charge in [0.05, 0.1) is 11.6 Å². The second-order valence-electron chi connectivity index (χ2n) is 8.04. The van der Waals surface area contributed by atoms with Crippen molar-refractivity contribution in [3.8, 4) is 0 Å². The van der Waals surface area contributed by atoms with Crippen molar-refractivity contribution < 1.29 is 19.1 Å². The lowest BCUT2D eigenvalue weighted by Gasteiger charge is -2.38. The van der Waals surface area contributed by atoms with Crippen LogP contribution in [-0.4, -0.2) is 64.3 Å². The van der Waals surface area contributed by atoms with Crippen LogP contribution in [0.25, 0.3) is 10.9 Å². The summed E-state index contributed by atoms with van der Waals surface area (Å²) in [5.41, 5.74) is 1.25. The topological polar surface area (TPSA) is 82.7 Å². The summed E-state index contributed by atoms with van der Waals surface area (Å²) in [5, 5.41) is 0.761. The fourth-order valence-electron chi connectivity index (χ4n) is 4.44. The number of rotatable bonds is 5. The molecule has 154 valence electrons. The van der Waals surface area contributed by atoms with Crippen molar-refractivity contribution in [2.75, 3.05) is 19.7 Å². The second-order valence-corrected chi connectivity index (χ2v) is 8.04. The number of piperidine rings is 1. The molecule has 2 aliphatic heterocycles. The lowest BCUT2D eigenvalue weighted by atomic mass is 9.95. The molecule has 2 aromatic rings. The largest absolute Gasteiger partial charge is 0.447 e. The number of fused-ring (bicyclic) bond motifs is 1. The minimum absolute atomic E-state index is 0.0521. The Balaban J connectivity index is 1.42. The van der Waals surface area contributed by atoms with Crippen molar-refractivity contribution in [3.05, 3.63) is 36.0 Å². The number of ketones is 1. The van der Waals surface area contributed by atoms with Crippen LogP contribution < -0.4 is 0 Å². The zero-order valence-corrected chi connectivity index (χ0v) is 16.9. The molecular weight excluding hydrogens is 370 g/mol. The van der Waals surface area contributed by atoms with Gasteiger partial charge in [0.25, 0.3) is 11.7 Å². The lowest BCUT2D eigenvalue weighted by Crippen LogP contribution is -2.52. The molecule has 0 aliphatic carbocycles. The summed E-state index contributed by atoms with van der Waals surface area (Å²) in [4.78, 5) is 44.4. The van der Waals surface area contributed by atoms with Crippen LogP contribution in [0.2, 0.25) is 0 Å². The van der Waals surface area contributed by atoms with Gasteiger partial charge in [-0.25, -0.2) is 4.79 Å². The van der Waals surface area contributed by atoms with E-state index in [1.807, 2.05) is 29.2 Å². The van der Waals surface area contributed by atoms with E-state index in [1.165, 1.54) is 0 Å².